The largest absolute Gasteiger partial charge is 0.309 e. The molecule has 0 aliphatic carbocycles. The first-order valence-electron chi connectivity index (χ1n) is 16.7. The number of benzene rings is 7. The van der Waals surface area contributed by atoms with Gasteiger partial charge in [-0.3, -0.25) is 8.97 Å². The van der Waals surface area contributed by atoms with Crippen LogP contribution in [0.2, 0.25) is 0 Å². The highest BCUT2D eigenvalue weighted by Gasteiger charge is 2.20. The van der Waals surface area contributed by atoms with Gasteiger partial charge in [0.25, 0.3) is 0 Å². The molecule has 49 heavy (non-hydrogen) atoms. The van der Waals surface area contributed by atoms with Crippen LogP contribution in [0.15, 0.2) is 158 Å². The van der Waals surface area contributed by atoms with E-state index in [1.54, 1.807) is 0 Å². The van der Waals surface area contributed by atoms with Crippen molar-refractivity contribution in [3.63, 3.8) is 0 Å². The highest BCUT2D eigenvalue weighted by molar-refractivity contribution is 6.11. The third-order valence-electron chi connectivity index (χ3n) is 10.3. The number of para-hydroxylation sites is 5. The van der Waals surface area contributed by atoms with Gasteiger partial charge in [-0.25, -0.2) is 4.98 Å². The summed E-state index contributed by atoms with van der Waals surface area (Å²) in [6.07, 6.45) is 0. The van der Waals surface area contributed by atoms with Crippen LogP contribution in [0.1, 0.15) is 5.56 Å². The molecule has 11 rings (SSSR count). The highest BCUT2D eigenvalue weighted by Crippen LogP contribution is 2.37. The second-order valence-electron chi connectivity index (χ2n) is 13.0. The molecule has 5 heteroatoms. The summed E-state index contributed by atoms with van der Waals surface area (Å²) in [5.74, 6) is 0.894. The van der Waals surface area contributed by atoms with Crippen LogP contribution in [0.4, 0.5) is 0 Å². The summed E-state index contributed by atoms with van der Waals surface area (Å²) in [7, 11) is 0. The predicted octanol–water partition coefficient (Wildman–Crippen LogP) is 10.9. The molecule has 0 radical (unpaired) electrons. The summed E-state index contributed by atoms with van der Waals surface area (Å²) in [4.78, 5) is 5.24. The number of hydrogen-bond donors (Lipinski definition) is 0. The second-order valence-corrected chi connectivity index (χ2v) is 13.0. The molecule has 4 heterocycles. The van der Waals surface area contributed by atoms with E-state index in [0.29, 0.717) is 0 Å². The van der Waals surface area contributed by atoms with Gasteiger partial charge >= 0.3 is 0 Å². The minimum absolute atomic E-state index is 0.894. The van der Waals surface area contributed by atoms with E-state index >= 15 is 0 Å². The molecule has 0 bridgehead atoms. The molecule has 0 amide bonds. The average molecular weight is 628 g/mol. The SMILES string of the molecule is Cc1cccc2c1c1ccccc1n2-c1cccc(-n2c3ccc(-n4c5ccccc5c5ccccc54)cc3n3c4ccccc4nc23)c1. The van der Waals surface area contributed by atoms with E-state index in [2.05, 4.69) is 183 Å². The van der Waals surface area contributed by atoms with E-state index in [1.807, 2.05) is 0 Å². The fourth-order valence-corrected chi connectivity index (χ4v) is 8.23. The van der Waals surface area contributed by atoms with Crippen molar-refractivity contribution in [2.24, 2.45) is 0 Å². The van der Waals surface area contributed by atoms with E-state index in [-0.39, 0.29) is 0 Å². The zero-order valence-corrected chi connectivity index (χ0v) is 26.7. The molecule has 0 fully saturated rings. The van der Waals surface area contributed by atoms with E-state index < -0.39 is 0 Å². The first-order valence-corrected chi connectivity index (χ1v) is 16.7. The van der Waals surface area contributed by atoms with E-state index in [4.69, 9.17) is 4.98 Å². The Morgan fingerprint density at radius 3 is 1.69 bits per heavy atom. The summed E-state index contributed by atoms with van der Waals surface area (Å²) >= 11 is 0. The quantitative estimate of drug-likeness (QED) is 0.192. The Bertz CT molecular complexity index is 3070. The third kappa shape index (κ3) is 3.56. The molecular weight excluding hydrogens is 599 g/mol. The number of hydrogen-bond acceptors (Lipinski definition) is 1. The maximum absolute atomic E-state index is 5.24. The van der Waals surface area contributed by atoms with Crippen LogP contribution in [0.25, 0.3) is 88.5 Å². The van der Waals surface area contributed by atoms with Gasteiger partial charge in [-0.05, 0) is 85.3 Å². The van der Waals surface area contributed by atoms with Crippen LogP contribution in [0.3, 0.4) is 0 Å². The van der Waals surface area contributed by atoms with E-state index in [9.17, 15) is 0 Å². The number of rotatable bonds is 3. The first kappa shape index (κ1) is 26.5. The third-order valence-corrected chi connectivity index (χ3v) is 10.3. The van der Waals surface area contributed by atoms with Crippen molar-refractivity contribution in [2.75, 3.05) is 0 Å². The van der Waals surface area contributed by atoms with Crippen molar-refractivity contribution < 1.29 is 0 Å². The fraction of sp³-hybridized carbons (Fsp3) is 0.0227. The lowest BCUT2D eigenvalue weighted by Crippen LogP contribution is -1.99. The Balaban J connectivity index is 1.20. The van der Waals surface area contributed by atoms with Crippen LogP contribution < -0.4 is 0 Å². The van der Waals surface area contributed by atoms with Gasteiger partial charge in [-0.15, -0.1) is 0 Å². The van der Waals surface area contributed by atoms with Gasteiger partial charge in [0.15, 0.2) is 0 Å². The summed E-state index contributed by atoms with van der Waals surface area (Å²) in [6.45, 7) is 2.20. The Morgan fingerprint density at radius 1 is 0.388 bits per heavy atom. The van der Waals surface area contributed by atoms with Crippen molar-refractivity contribution in [3.8, 4) is 17.1 Å². The minimum Gasteiger partial charge on any atom is -0.309 e. The molecule has 0 atom stereocenters. The predicted molar refractivity (Wildman–Crippen MR) is 203 cm³/mol. The lowest BCUT2D eigenvalue weighted by Gasteiger charge is -2.12. The zero-order valence-electron chi connectivity index (χ0n) is 26.7. The zero-order chi connectivity index (χ0) is 32.2. The van der Waals surface area contributed by atoms with Gasteiger partial charge in [0.1, 0.15) is 0 Å². The Hall–Kier alpha value is -6.59. The molecule has 230 valence electrons. The summed E-state index contributed by atoms with van der Waals surface area (Å²) in [6, 6.07) is 56.8. The topological polar surface area (TPSA) is 32.1 Å². The molecule has 0 saturated heterocycles. The van der Waals surface area contributed by atoms with Crippen molar-refractivity contribution >= 4 is 71.5 Å². The smallest absolute Gasteiger partial charge is 0.220 e. The Kier molecular flexibility index (Phi) is 5.25. The second kappa shape index (κ2) is 9.72. The number of aromatic nitrogens is 5. The van der Waals surface area contributed by atoms with Crippen LogP contribution >= 0.6 is 0 Å². The molecule has 0 saturated carbocycles. The van der Waals surface area contributed by atoms with Gasteiger partial charge < -0.3 is 9.13 Å². The van der Waals surface area contributed by atoms with Gasteiger partial charge in [0, 0.05) is 32.9 Å². The number of aryl methyl sites for hydroxylation is 1. The Labute approximate surface area is 281 Å². The standard InChI is InChI=1S/C44H29N5/c1-28-12-10-23-41-43(28)34-17-4-8-21-38(34)47(41)29-13-11-14-30(26-29)48-40-25-24-31(27-42(40)49-39-22-9-5-18-35(39)45-44(48)49)46-36-19-6-2-15-32(36)33-16-3-7-20-37(33)46/h2-27H,1H3. The molecule has 5 nitrogen and oxygen atoms in total. The molecule has 7 aromatic carbocycles. The normalized spacial score (nSPS) is 12.2. The molecule has 11 aromatic rings. The molecule has 4 aromatic heterocycles. The van der Waals surface area contributed by atoms with Crippen molar-refractivity contribution in [1.82, 2.24) is 23.1 Å². The molecule has 0 unspecified atom stereocenters. The lowest BCUT2D eigenvalue weighted by atomic mass is 10.1. The summed E-state index contributed by atoms with van der Waals surface area (Å²) in [5.41, 5.74) is 13.7. The number of nitrogens with zero attached hydrogens (tertiary/aromatic N) is 5. The van der Waals surface area contributed by atoms with Crippen molar-refractivity contribution in [2.45, 2.75) is 6.92 Å². The van der Waals surface area contributed by atoms with Gasteiger partial charge in [-0.2, -0.15) is 0 Å². The maximum Gasteiger partial charge on any atom is 0.220 e. The molecule has 0 aliphatic heterocycles. The molecule has 0 spiro atoms. The molecular formula is C44H29N5. The van der Waals surface area contributed by atoms with Crippen LogP contribution in [0, 0.1) is 6.92 Å². The number of imidazole rings is 2. The maximum atomic E-state index is 5.24. The lowest BCUT2D eigenvalue weighted by molar-refractivity contribution is 1.09. The Morgan fingerprint density at radius 2 is 0.939 bits per heavy atom. The van der Waals surface area contributed by atoms with Crippen LogP contribution in [-0.2, 0) is 0 Å². The first-order chi connectivity index (χ1) is 24.2. The van der Waals surface area contributed by atoms with Gasteiger partial charge in [0.05, 0.1) is 49.8 Å². The van der Waals surface area contributed by atoms with Crippen LogP contribution in [0.5, 0.6) is 0 Å². The van der Waals surface area contributed by atoms with Gasteiger partial charge in [0.2, 0.25) is 5.78 Å². The monoisotopic (exact) mass is 627 g/mol. The van der Waals surface area contributed by atoms with Crippen molar-refractivity contribution in [1.29, 1.82) is 0 Å². The molecule has 0 aliphatic rings. The van der Waals surface area contributed by atoms with E-state index in [0.717, 1.165) is 44.9 Å². The highest BCUT2D eigenvalue weighted by atomic mass is 15.2. The summed E-state index contributed by atoms with van der Waals surface area (Å²) < 4.78 is 9.41. The summed E-state index contributed by atoms with van der Waals surface area (Å²) in [5, 5.41) is 5.08. The van der Waals surface area contributed by atoms with Gasteiger partial charge in [-0.1, -0.05) is 84.9 Å². The fourth-order valence-electron chi connectivity index (χ4n) is 8.23. The average Bonchev–Trinajstić information content (AvgIpc) is 3.87. The minimum atomic E-state index is 0.894. The van der Waals surface area contributed by atoms with Crippen molar-refractivity contribution in [3.05, 3.63) is 163 Å². The van der Waals surface area contributed by atoms with Crippen LogP contribution in [-0.4, -0.2) is 23.1 Å². The molecule has 0 N–H and O–H groups in total. The number of fused-ring (bicyclic) bond motifs is 11. The van der Waals surface area contributed by atoms with E-state index in [1.165, 1.54) is 49.2 Å².